The third-order valence-electron chi connectivity index (χ3n) is 7.15. The third-order valence-corrected chi connectivity index (χ3v) is 7.15. The van der Waals surface area contributed by atoms with Gasteiger partial charge in [0.05, 0.1) is 49.2 Å². The molecule has 0 amide bonds. The number of ether oxygens (including phenoxy) is 5. The maximum absolute atomic E-state index is 6.15. The molecule has 0 bridgehead atoms. The Labute approximate surface area is 203 Å². The summed E-state index contributed by atoms with van der Waals surface area (Å²) < 4.78 is 28.2. The Morgan fingerprint density at radius 2 is 1.09 bits per heavy atom. The summed E-state index contributed by atoms with van der Waals surface area (Å²) in [5.74, 6) is 0.853. The quantitative estimate of drug-likeness (QED) is 0.282. The fourth-order valence-electron chi connectivity index (χ4n) is 5.08. The van der Waals surface area contributed by atoms with Crippen molar-refractivity contribution in [1.29, 1.82) is 0 Å². The molecule has 4 atom stereocenters. The second kappa shape index (κ2) is 8.10. The van der Waals surface area contributed by atoms with Crippen molar-refractivity contribution in [1.82, 2.24) is 9.97 Å². The molecule has 1 aromatic heterocycles. The van der Waals surface area contributed by atoms with Crippen LogP contribution in [0.25, 0.3) is 32.6 Å². The van der Waals surface area contributed by atoms with E-state index in [0.29, 0.717) is 18.8 Å². The molecule has 4 aliphatic rings. The fourth-order valence-corrected chi connectivity index (χ4v) is 5.08. The van der Waals surface area contributed by atoms with Gasteiger partial charge >= 0.3 is 0 Å². The van der Waals surface area contributed by atoms with Gasteiger partial charge in [-0.3, -0.25) is 9.97 Å². The van der Waals surface area contributed by atoms with E-state index in [2.05, 4.69) is 24.3 Å². The summed E-state index contributed by atoms with van der Waals surface area (Å²) in [4.78, 5) is 9.54. The lowest BCUT2D eigenvalue weighted by Crippen LogP contribution is -2.05. The van der Waals surface area contributed by atoms with E-state index in [-0.39, 0.29) is 19.8 Å². The maximum atomic E-state index is 6.15. The minimum Gasteiger partial charge on any atom is -0.462 e. The van der Waals surface area contributed by atoms with Gasteiger partial charge in [0, 0.05) is 42.4 Å². The summed E-state index contributed by atoms with van der Waals surface area (Å²) in [5.41, 5.74) is 5.64. The van der Waals surface area contributed by atoms with Gasteiger partial charge < -0.3 is 23.7 Å². The Balaban J connectivity index is 0.00000210. The van der Waals surface area contributed by atoms with Gasteiger partial charge in [-0.2, -0.15) is 0 Å². The van der Waals surface area contributed by atoms with Crippen LogP contribution in [-0.2, 0) is 38.2 Å². The highest BCUT2D eigenvalue weighted by Gasteiger charge is 2.31. The molecule has 3 aromatic carbocycles. The molecular weight excluding hydrogens is 444 g/mol. The predicted molar refractivity (Wildman–Crippen MR) is 132 cm³/mol. The molecule has 5 heterocycles. The van der Waals surface area contributed by atoms with Gasteiger partial charge in [-0.05, 0) is 45.7 Å². The topological polar surface area (TPSA) is 85.1 Å². The van der Waals surface area contributed by atoms with Crippen LogP contribution in [0.2, 0.25) is 0 Å². The van der Waals surface area contributed by atoms with Crippen LogP contribution in [0.1, 0.15) is 24.1 Å². The van der Waals surface area contributed by atoms with E-state index in [1.807, 2.05) is 0 Å². The van der Waals surface area contributed by atoms with Gasteiger partial charge in [-0.1, -0.05) is 13.5 Å². The van der Waals surface area contributed by atoms with Gasteiger partial charge in [0.2, 0.25) is 6.29 Å². The van der Waals surface area contributed by atoms with E-state index < -0.39 is 0 Å². The van der Waals surface area contributed by atoms with Gasteiger partial charge in [0.15, 0.2) is 0 Å². The van der Waals surface area contributed by atoms with E-state index in [1.165, 1.54) is 21.9 Å². The third kappa shape index (κ3) is 4.12. The van der Waals surface area contributed by atoms with Crippen molar-refractivity contribution in [2.75, 3.05) is 26.4 Å². The smallest absolute Gasteiger partial charge is 0.223 e. The molecule has 0 N–H and O–H groups in total. The zero-order valence-electron chi connectivity index (χ0n) is 18.7. The number of epoxide rings is 4. The molecule has 4 fully saturated rings. The van der Waals surface area contributed by atoms with Crippen molar-refractivity contribution in [3.8, 4) is 5.75 Å². The lowest BCUT2D eigenvalue weighted by molar-refractivity contribution is 0.177. The average molecular weight is 473 g/mol. The molecule has 7 nitrogen and oxygen atoms in total. The van der Waals surface area contributed by atoms with Crippen molar-refractivity contribution in [3.63, 3.8) is 0 Å². The van der Waals surface area contributed by atoms with Gasteiger partial charge in [0.1, 0.15) is 12.4 Å². The molecule has 4 saturated heterocycles. The van der Waals surface area contributed by atoms with Crippen LogP contribution >= 0.6 is 0 Å². The first-order chi connectivity index (χ1) is 16.8. The Kier molecular flexibility index (Phi) is 4.96. The molecule has 4 unspecified atom stereocenters. The molecular formula is C28H28N2O5. The molecule has 8 rings (SSSR count). The molecule has 0 aliphatic carbocycles. The van der Waals surface area contributed by atoms with E-state index >= 15 is 0 Å². The van der Waals surface area contributed by atoms with E-state index in [1.54, 1.807) is 12.4 Å². The SMILES string of the molecule is C.c1cnc2c3cc(OC4CO4)c(CC4CO4)cc3c3cc(CC4CO4)c(CC4CO4)cc3c2n1. The van der Waals surface area contributed by atoms with Crippen LogP contribution in [0.5, 0.6) is 5.75 Å². The highest BCUT2D eigenvalue weighted by molar-refractivity contribution is 6.23. The summed E-state index contributed by atoms with van der Waals surface area (Å²) >= 11 is 0. The molecule has 4 aliphatic heterocycles. The molecule has 180 valence electrons. The number of hydrogen-bond acceptors (Lipinski definition) is 7. The zero-order chi connectivity index (χ0) is 22.2. The Bertz CT molecular complexity index is 1340. The van der Waals surface area contributed by atoms with Crippen molar-refractivity contribution in [2.45, 2.75) is 51.3 Å². The minimum absolute atomic E-state index is 0. The van der Waals surface area contributed by atoms with Crippen LogP contribution in [0.15, 0.2) is 36.7 Å². The first-order valence-corrected chi connectivity index (χ1v) is 12.1. The molecule has 35 heavy (non-hydrogen) atoms. The van der Waals surface area contributed by atoms with Crippen LogP contribution in [-0.4, -0.2) is 61.0 Å². The standard InChI is InChI=1S/C27H24N2O5.CH4/c1-2-29-27-23-9-24(34-25-13-33-25)16(5-19-12-32-19)8-21(23)20-6-14(3-17-10-30-17)15(4-18-11-31-18)7-22(20)26(27)28-1;/h1-2,6-9,17-19,25H,3-5,10-13H2;1H4. The summed E-state index contributed by atoms with van der Waals surface area (Å²) in [5, 5.41) is 4.57. The lowest BCUT2D eigenvalue weighted by Gasteiger charge is -2.17. The summed E-state index contributed by atoms with van der Waals surface area (Å²) in [7, 11) is 0. The number of hydrogen-bond donors (Lipinski definition) is 0. The van der Waals surface area contributed by atoms with Crippen molar-refractivity contribution in [2.24, 2.45) is 0 Å². The molecule has 0 radical (unpaired) electrons. The van der Waals surface area contributed by atoms with E-state index in [0.717, 1.165) is 72.2 Å². The molecule has 0 saturated carbocycles. The van der Waals surface area contributed by atoms with Crippen LogP contribution in [0.3, 0.4) is 0 Å². The maximum Gasteiger partial charge on any atom is 0.223 e. The largest absolute Gasteiger partial charge is 0.462 e. The van der Waals surface area contributed by atoms with Crippen LogP contribution < -0.4 is 4.74 Å². The monoisotopic (exact) mass is 472 g/mol. The molecule has 7 heteroatoms. The number of rotatable bonds is 8. The average Bonchev–Trinajstić information content (AvgIpc) is 3.68. The summed E-state index contributed by atoms with van der Waals surface area (Å²) in [6, 6.07) is 9.07. The van der Waals surface area contributed by atoms with Crippen LogP contribution in [0, 0.1) is 0 Å². The van der Waals surface area contributed by atoms with Gasteiger partial charge in [0.25, 0.3) is 0 Å². The van der Waals surface area contributed by atoms with E-state index in [4.69, 9.17) is 33.7 Å². The van der Waals surface area contributed by atoms with E-state index in [9.17, 15) is 0 Å². The van der Waals surface area contributed by atoms with Crippen molar-refractivity contribution in [3.05, 3.63) is 53.3 Å². The first-order valence-electron chi connectivity index (χ1n) is 12.1. The molecule has 4 aromatic rings. The van der Waals surface area contributed by atoms with Gasteiger partial charge in [-0.25, -0.2) is 0 Å². The second-order valence-electron chi connectivity index (χ2n) is 9.78. The Hall–Kier alpha value is -2.84. The minimum atomic E-state index is -0.161. The predicted octanol–water partition coefficient (Wildman–Crippen LogP) is 4.13. The Morgan fingerprint density at radius 3 is 1.60 bits per heavy atom. The van der Waals surface area contributed by atoms with Crippen molar-refractivity contribution < 1.29 is 23.7 Å². The van der Waals surface area contributed by atoms with Crippen LogP contribution in [0.4, 0.5) is 0 Å². The van der Waals surface area contributed by atoms with Crippen molar-refractivity contribution >= 4 is 32.6 Å². The lowest BCUT2D eigenvalue weighted by atomic mass is 9.90. The number of nitrogens with zero attached hydrogens (tertiary/aromatic N) is 2. The normalized spacial score (nSPS) is 26.1. The fraction of sp³-hybridized carbons (Fsp3) is 0.429. The Morgan fingerprint density at radius 1 is 0.629 bits per heavy atom. The first kappa shape index (κ1) is 21.4. The highest BCUT2D eigenvalue weighted by atomic mass is 16.8. The molecule has 0 spiro atoms. The summed E-state index contributed by atoms with van der Waals surface area (Å²) in [6.45, 7) is 3.13. The highest BCUT2D eigenvalue weighted by Crippen LogP contribution is 2.40. The number of fused-ring (bicyclic) bond motifs is 6. The summed E-state index contributed by atoms with van der Waals surface area (Å²) in [6.07, 6.45) is 6.98. The zero-order valence-corrected chi connectivity index (χ0v) is 18.7. The second-order valence-corrected chi connectivity index (χ2v) is 9.78. The van der Waals surface area contributed by atoms with Gasteiger partial charge in [-0.15, -0.1) is 0 Å². The number of benzene rings is 3. The number of aromatic nitrogens is 2.